The third kappa shape index (κ3) is 3.75. The lowest BCUT2D eigenvalue weighted by Gasteiger charge is -2.38. The number of rotatable bonds is 3. The molecule has 0 atom stereocenters. The summed E-state index contributed by atoms with van der Waals surface area (Å²) in [6, 6.07) is 0. The van der Waals surface area contributed by atoms with E-state index < -0.39 is 0 Å². The summed E-state index contributed by atoms with van der Waals surface area (Å²) < 4.78 is 0. The Morgan fingerprint density at radius 3 is 2.73 bits per heavy atom. The molecule has 124 valence electrons. The van der Waals surface area contributed by atoms with Gasteiger partial charge in [0.25, 0.3) is 0 Å². The minimum absolute atomic E-state index is 0. The van der Waals surface area contributed by atoms with Gasteiger partial charge in [0, 0.05) is 31.4 Å². The number of likely N-dealkylation sites (tertiary alicyclic amines) is 1. The lowest BCUT2D eigenvalue weighted by atomic mass is 9.68. The Labute approximate surface area is 154 Å². The minimum atomic E-state index is 0. The van der Waals surface area contributed by atoms with Crippen LogP contribution in [0, 0.1) is 5.41 Å². The number of aromatic nitrogens is 1. The summed E-state index contributed by atoms with van der Waals surface area (Å²) in [6.45, 7) is 7.49. The zero-order valence-electron chi connectivity index (χ0n) is 13.8. The van der Waals surface area contributed by atoms with Crippen molar-refractivity contribution in [2.24, 2.45) is 10.4 Å². The Bertz CT molecular complexity index is 522. The number of aliphatic imine (C=N–C) groups is 1. The first-order valence-corrected chi connectivity index (χ1v) is 8.90. The number of nitrogens with one attached hydrogen (secondary N) is 1. The minimum Gasteiger partial charge on any atom is -0.351 e. The predicted octanol–water partition coefficient (Wildman–Crippen LogP) is 3.84. The van der Waals surface area contributed by atoms with E-state index in [0.29, 0.717) is 11.3 Å². The van der Waals surface area contributed by atoms with Crippen molar-refractivity contribution in [2.45, 2.75) is 52.0 Å². The van der Waals surface area contributed by atoms with E-state index in [1.165, 1.54) is 37.2 Å². The zero-order chi connectivity index (χ0) is 14.9. The number of halogens is 1. The molecule has 1 N–H and O–H groups in total. The largest absolute Gasteiger partial charge is 0.351 e. The van der Waals surface area contributed by atoms with Crippen LogP contribution in [0.3, 0.4) is 0 Å². The van der Waals surface area contributed by atoms with Crippen LogP contribution in [0.15, 0.2) is 10.4 Å². The first-order valence-electron chi connectivity index (χ1n) is 8.02. The predicted molar refractivity (Wildman–Crippen MR) is 104 cm³/mol. The van der Waals surface area contributed by atoms with Crippen molar-refractivity contribution in [1.29, 1.82) is 0 Å². The highest BCUT2D eigenvalue weighted by Crippen LogP contribution is 2.47. The molecule has 1 aliphatic heterocycles. The van der Waals surface area contributed by atoms with Crippen LogP contribution in [0.5, 0.6) is 0 Å². The molecule has 4 nitrogen and oxygen atoms in total. The van der Waals surface area contributed by atoms with Crippen LogP contribution in [-0.2, 0) is 6.54 Å². The quantitative estimate of drug-likeness (QED) is 0.447. The molecule has 0 bridgehead atoms. The van der Waals surface area contributed by atoms with Crippen LogP contribution in [0.2, 0.25) is 0 Å². The Morgan fingerprint density at radius 2 is 2.23 bits per heavy atom. The number of thiazole rings is 1. The van der Waals surface area contributed by atoms with Crippen LogP contribution in [-0.4, -0.2) is 36.0 Å². The van der Waals surface area contributed by atoms with Gasteiger partial charge in [0.1, 0.15) is 0 Å². The normalized spacial score (nSPS) is 20.2. The molecule has 1 spiro atoms. The lowest BCUT2D eigenvalue weighted by molar-refractivity contribution is 0.151. The SMILES string of the molecule is CN=C(NCc1csc(C(C)C)n1)N1CCC2(CCC2)C1.I. The standard InChI is InChI=1S/C16H26N4S.HI/c1-12(2)14-19-13(10-21-14)9-18-15(17-3)20-8-7-16(11-20)5-4-6-16;/h10,12H,4-9,11H2,1-3H3,(H,17,18);1H. The first-order chi connectivity index (χ1) is 10.1. The Hall–Kier alpha value is -0.370. The van der Waals surface area contributed by atoms with Crippen LogP contribution in [0.25, 0.3) is 0 Å². The molecule has 0 aromatic carbocycles. The maximum absolute atomic E-state index is 4.68. The molecule has 0 radical (unpaired) electrons. The zero-order valence-corrected chi connectivity index (χ0v) is 16.9. The number of nitrogens with zero attached hydrogens (tertiary/aromatic N) is 3. The summed E-state index contributed by atoms with van der Waals surface area (Å²) in [5.41, 5.74) is 1.74. The molecule has 1 saturated carbocycles. The van der Waals surface area contributed by atoms with Crippen LogP contribution >= 0.6 is 35.3 Å². The van der Waals surface area contributed by atoms with Gasteiger partial charge in [0.05, 0.1) is 17.2 Å². The van der Waals surface area contributed by atoms with Gasteiger partial charge in [-0.1, -0.05) is 20.3 Å². The molecule has 1 aromatic heterocycles. The van der Waals surface area contributed by atoms with E-state index in [1.54, 1.807) is 11.3 Å². The molecular formula is C16H27IN4S. The summed E-state index contributed by atoms with van der Waals surface area (Å²) in [6.07, 6.45) is 5.56. The fourth-order valence-corrected chi connectivity index (χ4v) is 4.21. The van der Waals surface area contributed by atoms with Gasteiger partial charge in [-0.25, -0.2) is 4.98 Å². The molecule has 2 heterocycles. The summed E-state index contributed by atoms with van der Waals surface area (Å²) in [4.78, 5) is 11.6. The van der Waals surface area contributed by atoms with Gasteiger partial charge in [0.15, 0.2) is 5.96 Å². The monoisotopic (exact) mass is 434 g/mol. The van der Waals surface area contributed by atoms with Gasteiger partial charge in [-0.15, -0.1) is 35.3 Å². The highest BCUT2D eigenvalue weighted by molar-refractivity contribution is 14.0. The maximum Gasteiger partial charge on any atom is 0.193 e. The fourth-order valence-electron chi connectivity index (χ4n) is 3.37. The first kappa shape index (κ1) is 18.0. The average molecular weight is 434 g/mol. The number of guanidine groups is 1. The van der Waals surface area contributed by atoms with Crippen molar-refractivity contribution < 1.29 is 0 Å². The number of hydrogen-bond donors (Lipinski definition) is 1. The summed E-state index contributed by atoms with van der Waals surface area (Å²) in [5, 5.41) is 6.86. The third-order valence-corrected chi connectivity index (χ3v) is 6.05. The van der Waals surface area contributed by atoms with Crippen molar-refractivity contribution in [3.05, 3.63) is 16.1 Å². The summed E-state index contributed by atoms with van der Waals surface area (Å²) in [5.74, 6) is 1.55. The van der Waals surface area contributed by atoms with E-state index in [-0.39, 0.29) is 24.0 Å². The highest BCUT2D eigenvalue weighted by Gasteiger charge is 2.43. The molecule has 6 heteroatoms. The molecule has 3 rings (SSSR count). The second kappa shape index (κ2) is 7.47. The van der Waals surface area contributed by atoms with Crippen molar-refractivity contribution >= 4 is 41.3 Å². The van der Waals surface area contributed by atoms with E-state index in [2.05, 4.69) is 39.4 Å². The van der Waals surface area contributed by atoms with Crippen molar-refractivity contribution in [3.63, 3.8) is 0 Å². The maximum atomic E-state index is 4.68. The van der Waals surface area contributed by atoms with Gasteiger partial charge >= 0.3 is 0 Å². The second-order valence-electron chi connectivity index (χ2n) is 6.76. The van der Waals surface area contributed by atoms with E-state index >= 15 is 0 Å². The average Bonchev–Trinajstić information content (AvgIpc) is 3.05. The van der Waals surface area contributed by atoms with E-state index in [4.69, 9.17) is 0 Å². The molecule has 1 saturated heterocycles. The molecule has 2 fully saturated rings. The van der Waals surface area contributed by atoms with Crippen LogP contribution in [0.1, 0.15) is 56.2 Å². The van der Waals surface area contributed by atoms with Gasteiger partial charge in [-0.3, -0.25) is 4.99 Å². The molecule has 0 unspecified atom stereocenters. The van der Waals surface area contributed by atoms with Crippen LogP contribution in [0.4, 0.5) is 0 Å². The number of hydrogen-bond acceptors (Lipinski definition) is 3. The Balaban J connectivity index is 0.00000176. The van der Waals surface area contributed by atoms with E-state index in [1.807, 2.05) is 7.05 Å². The smallest absolute Gasteiger partial charge is 0.193 e. The topological polar surface area (TPSA) is 40.5 Å². The molecule has 22 heavy (non-hydrogen) atoms. The summed E-state index contributed by atoms with van der Waals surface area (Å²) >= 11 is 1.76. The molecular weight excluding hydrogens is 407 g/mol. The van der Waals surface area contributed by atoms with E-state index in [0.717, 1.165) is 24.7 Å². The third-order valence-electron chi connectivity index (χ3n) is 4.85. The molecule has 2 aliphatic rings. The van der Waals surface area contributed by atoms with Gasteiger partial charge < -0.3 is 10.2 Å². The lowest BCUT2D eigenvalue weighted by Crippen LogP contribution is -2.42. The van der Waals surface area contributed by atoms with Crippen molar-refractivity contribution in [2.75, 3.05) is 20.1 Å². The Morgan fingerprint density at radius 1 is 1.45 bits per heavy atom. The van der Waals surface area contributed by atoms with Gasteiger partial charge in [-0.2, -0.15) is 0 Å². The van der Waals surface area contributed by atoms with Crippen molar-refractivity contribution in [3.8, 4) is 0 Å². The fraction of sp³-hybridized carbons (Fsp3) is 0.750. The van der Waals surface area contributed by atoms with Crippen molar-refractivity contribution in [1.82, 2.24) is 15.2 Å². The Kier molecular flexibility index (Phi) is 6.10. The van der Waals surface area contributed by atoms with E-state index in [9.17, 15) is 0 Å². The molecule has 1 aromatic rings. The highest BCUT2D eigenvalue weighted by atomic mass is 127. The summed E-state index contributed by atoms with van der Waals surface area (Å²) in [7, 11) is 1.88. The second-order valence-corrected chi connectivity index (χ2v) is 7.65. The molecule has 0 amide bonds. The van der Waals surface area contributed by atoms with Gasteiger partial charge in [-0.05, 0) is 24.7 Å². The molecule has 1 aliphatic carbocycles. The van der Waals surface area contributed by atoms with Gasteiger partial charge in [0.2, 0.25) is 0 Å². The van der Waals surface area contributed by atoms with Crippen LogP contribution < -0.4 is 5.32 Å².